The SMILES string of the molecule is Cc1cccc(COc2c(Cl)cc(N)cc2Cl)c1. The van der Waals surface area contributed by atoms with Gasteiger partial charge in [0.1, 0.15) is 6.61 Å². The first-order valence-corrected chi connectivity index (χ1v) is 6.24. The lowest BCUT2D eigenvalue weighted by atomic mass is 10.1. The Morgan fingerprint density at radius 3 is 2.39 bits per heavy atom. The lowest BCUT2D eigenvalue weighted by Crippen LogP contribution is -1.97. The number of nitrogens with two attached hydrogens (primary N) is 1. The first kappa shape index (κ1) is 13.1. The second-order valence-corrected chi connectivity index (χ2v) is 4.91. The summed E-state index contributed by atoms with van der Waals surface area (Å²) in [5.74, 6) is 0.467. The molecule has 0 aromatic heterocycles. The fourth-order valence-electron chi connectivity index (χ4n) is 1.67. The van der Waals surface area contributed by atoms with Crippen LogP contribution in [-0.2, 0) is 6.61 Å². The van der Waals surface area contributed by atoms with Gasteiger partial charge < -0.3 is 10.5 Å². The maximum Gasteiger partial charge on any atom is 0.157 e. The van der Waals surface area contributed by atoms with Gasteiger partial charge in [0.15, 0.2) is 5.75 Å². The highest BCUT2D eigenvalue weighted by molar-refractivity contribution is 6.37. The third kappa shape index (κ3) is 3.09. The van der Waals surface area contributed by atoms with Crippen molar-refractivity contribution in [3.63, 3.8) is 0 Å². The molecule has 0 aliphatic rings. The molecule has 0 aliphatic heterocycles. The second kappa shape index (κ2) is 5.51. The van der Waals surface area contributed by atoms with E-state index in [0.717, 1.165) is 5.56 Å². The normalized spacial score (nSPS) is 10.4. The van der Waals surface area contributed by atoms with E-state index in [2.05, 4.69) is 6.07 Å². The average molecular weight is 282 g/mol. The lowest BCUT2D eigenvalue weighted by molar-refractivity contribution is 0.306. The van der Waals surface area contributed by atoms with Crippen molar-refractivity contribution in [2.75, 3.05) is 5.73 Å². The van der Waals surface area contributed by atoms with E-state index in [9.17, 15) is 0 Å². The summed E-state index contributed by atoms with van der Waals surface area (Å²) in [7, 11) is 0. The van der Waals surface area contributed by atoms with Crippen LogP contribution >= 0.6 is 23.2 Å². The largest absolute Gasteiger partial charge is 0.486 e. The van der Waals surface area contributed by atoms with E-state index in [1.807, 2.05) is 25.1 Å². The summed E-state index contributed by atoms with van der Waals surface area (Å²) in [6, 6.07) is 11.3. The number of benzene rings is 2. The molecule has 0 unspecified atom stereocenters. The minimum atomic E-state index is 0.422. The summed E-state index contributed by atoms with van der Waals surface area (Å²) >= 11 is 12.1. The molecule has 0 aliphatic carbocycles. The van der Waals surface area contributed by atoms with Crippen molar-refractivity contribution in [3.8, 4) is 5.75 Å². The lowest BCUT2D eigenvalue weighted by Gasteiger charge is -2.11. The minimum absolute atomic E-state index is 0.422. The molecule has 4 heteroatoms. The van der Waals surface area contributed by atoms with Crippen LogP contribution in [0.1, 0.15) is 11.1 Å². The number of halogens is 2. The van der Waals surface area contributed by atoms with Gasteiger partial charge in [-0.15, -0.1) is 0 Å². The molecule has 2 aromatic carbocycles. The van der Waals surface area contributed by atoms with E-state index in [1.54, 1.807) is 12.1 Å². The molecular weight excluding hydrogens is 269 g/mol. The predicted molar refractivity (Wildman–Crippen MR) is 76.4 cm³/mol. The summed E-state index contributed by atoms with van der Waals surface area (Å²) in [5.41, 5.74) is 8.41. The van der Waals surface area contributed by atoms with Crippen LogP contribution in [0, 0.1) is 6.92 Å². The fraction of sp³-hybridized carbons (Fsp3) is 0.143. The molecule has 0 saturated carbocycles. The molecule has 0 saturated heterocycles. The molecule has 0 fully saturated rings. The molecule has 18 heavy (non-hydrogen) atoms. The van der Waals surface area contributed by atoms with Gasteiger partial charge in [0.25, 0.3) is 0 Å². The molecule has 2 nitrogen and oxygen atoms in total. The average Bonchev–Trinajstić information content (AvgIpc) is 2.27. The first-order chi connectivity index (χ1) is 8.56. The van der Waals surface area contributed by atoms with E-state index in [0.29, 0.717) is 28.1 Å². The van der Waals surface area contributed by atoms with Crippen molar-refractivity contribution in [1.82, 2.24) is 0 Å². The number of hydrogen-bond donors (Lipinski definition) is 1. The van der Waals surface area contributed by atoms with Crippen molar-refractivity contribution in [2.45, 2.75) is 13.5 Å². The highest BCUT2D eigenvalue weighted by Gasteiger charge is 2.08. The van der Waals surface area contributed by atoms with Gasteiger partial charge in [-0.1, -0.05) is 53.0 Å². The summed E-state index contributed by atoms with van der Waals surface area (Å²) in [6.07, 6.45) is 0. The van der Waals surface area contributed by atoms with Gasteiger partial charge in [-0.2, -0.15) is 0 Å². The van der Waals surface area contributed by atoms with Crippen molar-refractivity contribution in [3.05, 3.63) is 57.6 Å². The Kier molecular flexibility index (Phi) is 4.00. The van der Waals surface area contributed by atoms with Gasteiger partial charge >= 0.3 is 0 Å². The number of nitrogen functional groups attached to an aromatic ring is 1. The van der Waals surface area contributed by atoms with E-state index in [4.69, 9.17) is 33.7 Å². The van der Waals surface area contributed by atoms with Crippen LogP contribution in [-0.4, -0.2) is 0 Å². The zero-order chi connectivity index (χ0) is 13.1. The number of hydrogen-bond acceptors (Lipinski definition) is 2. The van der Waals surface area contributed by atoms with Gasteiger partial charge in [-0.25, -0.2) is 0 Å². The van der Waals surface area contributed by atoms with Crippen molar-refractivity contribution in [2.24, 2.45) is 0 Å². The molecule has 0 amide bonds. The standard InChI is InChI=1S/C14H13Cl2NO/c1-9-3-2-4-10(5-9)8-18-14-12(15)6-11(17)7-13(14)16/h2-7H,8,17H2,1H3. The molecule has 0 atom stereocenters. The summed E-state index contributed by atoms with van der Waals surface area (Å²) in [6.45, 7) is 2.46. The van der Waals surface area contributed by atoms with Crippen molar-refractivity contribution < 1.29 is 4.74 Å². The van der Waals surface area contributed by atoms with Crippen LogP contribution in [0.4, 0.5) is 5.69 Å². The van der Waals surface area contributed by atoms with Crippen LogP contribution in [0.15, 0.2) is 36.4 Å². The van der Waals surface area contributed by atoms with E-state index < -0.39 is 0 Å². The minimum Gasteiger partial charge on any atom is -0.486 e. The van der Waals surface area contributed by atoms with Gasteiger partial charge in [0.2, 0.25) is 0 Å². The zero-order valence-electron chi connectivity index (χ0n) is 9.91. The number of anilines is 1. The quantitative estimate of drug-likeness (QED) is 0.843. The maximum atomic E-state index is 6.04. The molecule has 2 rings (SSSR count). The van der Waals surface area contributed by atoms with Crippen LogP contribution in [0.5, 0.6) is 5.75 Å². The zero-order valence-corrected chi connectivity index (χ0v) is 11.4. The van der Waals surface area contributed by atoms with Crippen molar-refractivity contribution >= 4 is 28.9 Å². The third-order valence-corrected chi connectivity index (χ3v) is 3.05. The Morgan fingerprint density at radius 1 is 1.11 bits per heavy atom. The third-order valence-electron chi connectivity index (χ3n) is 2.49. The highest BCUT2D eigenvalue weighted by Crippen LogP contribution is 2.35. The van der Waals surface area contributed by atoms with Crippen LogP contribution in [0.25, 0.3) is 0 Å². The Bertz CT molecular complexity index is 546. The maximum absolute atomic E-state index is 6.04. The number of ether oxygens (including phenoxy) is 1. The summed E-state index contributed by atoms with van der Waals surface area (Å²) in [4.78, 5) is 0. The first-order valence-electron chi connectivity index (χ1n) is 5.49. The molecule has 0 spiro atoms. The Balaban J connectivity index is 2.16. The molecule has 2 N–H and O–H groups in total. The number of aryl methyl sites for hydroxylation is 1. The van der Waals surface area contributed by atoms with Gasteiger partial charge in [-0.3, -0.25) is 0 Å². The second-order valence-electron chi connectivity index (χ2n) is 4.09. The molecule has 0 heterocycles. The molecular formula is C14H13Cl2NO. The van der Waals surface area contributed by atoms with Gasteiger partial charge in [0.05, 0.1) is 10.0 Å². The van der Waals surface area contributed by atoms with Crippen molar-refractivity contribution in [1.29, 1.82) is 0 Å². The monoisotopic (exact) mass is 281 g/mol. The summed E-state index contributed by atoms with van der Waals surface area (Å²) < 4.78 is 5.64. The topological polar surface area (TPSA) is 35.2 Å². The van der Waals surface area contributed by atoms with Gasteiger partial charge in [-0.05, 0) is 24.6 Å². The van der Waals surface area contributed by atoms with E-state index in [-0.39, 0.29) is 0 Å². The van der Waals surface area contributed by atoms with Crippen LogP contribution < -0.4 is 10.5 Å². The fourth-order valence-corrected chi connectivity index (χ4v) is 2.29. The Labute approximate surface area is 116 Å². The molecule has 94 valence electrons. The van der Waals surface area contributed by atoms with Gasteiger partial charge in [0, 0.05) is 5.69 Å². The molecule has 0 radical (unpaired) electrons. The molecule has 0 bridgehead atoms. The highest BCUT2D eigenvalue weighted by atomic mass is 35.5. The Morgan fingerprint density at radius 2 is 1.78 bits per heavy atom. The van der Waals surface area contributed by atoms with E-state index >= 15 is 0 Å². The molecule has 2 aromatic rings. The number of rotatable bonds is 3. The summed E-state index contributed by atoms with van der Waals surface area (Å²) in [5, 5.41) is 0.848. The Hall–Kier alpha value is -1.38. The van der Waals surface area contributed by atoms with E-state index in [1.165, 1.54) is 5.56 Å². The van der Waals surface area contributed by atoms with Crippen LogP contribution in [0.2, 0.25) is 10.0 Å². The smallest absolute Gasteiger partial charge is 0.157 e. The van der Waals surface area contributed by atoms with Crippen LogP contribution in [0.3, 0.4) is 0 Å². The predicted octanol–water partition coefficient (Wildman–Crippen LogP) is 4.46.